The van der Waals surface area contributed by atoms with Gasteiger partial charge < -0.3 is 25.2 Å². The lowest BCUT2D eigenvalue weighted by Gasteiger charge is -2.22. The van der Waals surface area contributed by atoms with Gasteiger partial charge in [0.2, 0.25) is 11.8 Å². The van der Waals surface area contributed by atoms with Gasteiger partial charge in [-0.3, -0.25) is 9.59 Å². The van der Waals surface area contributed by atoms with Crippen molar-refractivity contribution in [1.29, 1.82) is 0 Å². The van der Waals surface area contributed by atoms with E-state index in [0.29, 0.717) is 17.0 Å². The molecule has 0 unspecified atom stereocenters. The van der Waals surface area contributed by atoms with Crippen molar-refractivity contribution < 1.29 is 29.0 Å². The SMILES string of the molecule is CCOC(=O)[C@H](NC(=O)CCC(=O)Nc1ccc(OC)cc1)[C@@H](O)c1ccccc1. The lowest BCUT2D eigenvalue weighted by atomic mass is 10.0. The first kappa shape index (κ1) is 22.9. The highest BCUT2D eigenvalue weighted by Gasteiger charge is 2.31. The van der Waals surface area contributed by atoms with Crippen molar-refractivity contribution in [3.05, 3.63) is 60.2 Å². The van der Waals surface area contributed by atoms with Crippen LogP contribution in [0.4, 0.5) is 5.69 Å². The third-order valence-corrected chi connectivity index (χ3v) is 4.27. The molecule has 0 saturated heterocycles. The number of nitrogens with one attached hydrogen (secondary N) is 2. The average molecular weight is 414 g/mol. The highest BCUT2D eigenvalue weighted by Crippen LogP contribution is 2.18. The van der Waals surface area contributed by atoms with E-state index in [0.717, 1.165) is 0 Å². The molecule has 0 aliphatic rings. The van der Waals surface area contributed by atoms with E-state index < -0.39 is 24.0 Å². The second-order valence-electron chi connectivity index (χ2n) is 6.43. The van der Waals surface area contributed by atoms with Gasteiger partial charge in [0.05, 0.1) is 13.7 Å². The van der Waals surface area contributed by atoms with Crippen molar-refractivity contribution in [3.8, 4) is 5.75 Å². The predicted octanol–water partition coefficient (Wildman–Crippen LogP) is 2.20. The fourth-order valence-electron chi connectivity index (χ4n) is 2.71. The predicted molar refractivity (Wildman–Crippen MR) is 111 cm³/mol. The van der Waals surface area contributed by atoms with Crippen LogP contribution in [0.2, 0.25) is 0 Å². The number of rotatable bonds is 10. The Morgan fingerprint density at radius 3 is 2.20 bits per heavy atom. The molecule has 0 aliphatic carbocycles. The topological polar surface area (TPSA) is 114 Å². The molecule has 3 N–H and O–H groups in total. The number of carbonyl (C=O) groups excluding carboxylic acids is 3. The number of esters is 1. The van der Waals surface area contributed by atoms with Crippen molar-refractivity contribution in [2.45, 2.75) is 31.9 Å². The van der Waals surface area contributed by atoms with Gasteiger partial charge in [0.25, 0.3) is 0 Å². The molecule has 0 aromatic heterocycles. The molecule has 160 valence electrons. The van der Waals surface area contributed by atoms with Crippen LogP contribution in [0.15, 0.2) is 54.6 Å². The normalized spacial score (nSPS) is 12.4. The monoisotopic (exact) mass is 414 g/mol. The van der Waals surface area contributed by atoms with Gasteiger partial charge in [-0.05, 0) is 36.8 Å². The summed E-state index contributed by atoms with van der Waals surface area (Å²) < 4.78 is 10.0. The third kappa shape index (κ3) is 6.89. The van der Waals surface area contributed by atoms with E-state index in [4.69, 9.17) is 9.47 Å². The molecule has 0 spiro atoms. The Kier molecular flexibility index (Phi) is 8.83. The number of ether oxygens (including phenoxy) is 2. The van der Waals surface area contributed by atoms with Crippen molar-refractivity contribution in [3.63, 3.8) is 0 Å². The fraction of sp³-hybridized carbons (Fsp3) is 0.318. The summed E-state index contributed by atoms with van der Waals surface area (Å²) in [6, 6.07) is 14.0. The fourth-order valence-corrected chi connectivity index (χ4v) is 2.71. The Bertz CT molecular complexity index is 838. The Hall–Kier alpha value is -3.39. The van der Waals surface area contributed by atoms with E-state index in [1.54, 1.807) is 68.6 Å². The smallest absolute Gasteiger partial charge is 0.331 e. The molecule has 8 heteroatoms. The number of aliphatic hydroxyl groups is 1. The lowest BCUT2D eigenvalue weighted by Crippen LogP contribution is -2.46. The number of hydrogen-bond donors (Lipinski definition) is 3. The lowest BCUT2D eigenvalue weighted by molar-refractivity contribution is -0.151. The number of benzene rings is 2. The third-order valence-electron chi connectivity index (χ3n) is 4.27. The zero-order chi connectivity index (χ0) is 21.9. The van der Waals surface area contributed by atoms with E-state index in [-0.39, 0.29) is 25.4 Å². The van der Waals surface area contributed by atoms with Crippen molar-refractivity contribution >= 4 is 23.5 Å². The molecule has 0 radical (unpaired) electrons. The number of carbonyl (C=O) groups is 3. The Morgan fingerprint density at radius 2 is 1.60 bits per heavy atom. The molecular formula is C22H26N2O6. The maximum Gasteiger partial charge on any atom is 0.331 e. The minimum absolute atomic E-state index is 0.0885. The van der Waals surface area contributed by atoms with Gasteiger partial charge in [0.15, 0.2) is 6.04 Å². The molecule has 2 atom stereocenters. The summed E-state index contributed by atoms with van der Waals surface area (Å²) in [5.74, 6) is -0.987. The summed E-state index contributed by atoms with van der Waals surface area (Å²) in [5, 5.41) is 15.7. The van der Waals surface area contributed by atoms with Crippen LogP contribution >= 0.6 is 0 Å². The molecule has 0 heterocycles. The van der Waals surface area contributed by atoms with Gasteiger partial charge in [-0.1, -0.05) is 30.3 Å². The second-order valence-corrected chi connectivity index (χ2v) is 6.43. The van der Waals surface area contributed by atoms with E-state index >= 15 is 0 Å². The minimum Gasteiger partial charge on any atom is -0.497 e. The zero-order valence-corrected chi connectivity index (χ0v) is 17.0. The van der Waals surface area contributed by atoms with Crippen LogP contribution in [0.1, 0.15) is 31.4 Å². The van der Waals surface area contributed by atoms with Gasteiger partial charge in [-0.2, -0.15) is 0 Å². The molecular weight excluding hydrogens is 388 g/mol. The Balaban J connectivity index is 1.92. The summed E-state index contributed by atoms with van der Waals surface area (Å²) in [7, 11) is 1.55. The Morgan fingerprint density at radius 1 is 0.967 bits per heavy atom. The number of amides is 2. The largest absolute Gasteiger partial charge is 0.497 e. The molecule has 2 rings (SSSR count). The first-order chi connectivity index (χ1) is 14.4. The number of hydrogen-bond acceptors (Lipinski definition) is 6. The van der Waals surface area contributed by atoms with Gasteiger partial charge in [0, 0.05) is 18.5 Å². The summed E-state index contributed by atoms with van der Waals surface area (Å²) >= 11 is 0. The highest BCUT2D eigenvalue weighted by molar-refractivity contribution is 5.94. The maximum atomic E-state index is 12.3. The van der Waals surface area contributed by atoms with Crippen LogP contribution < -0.4 is 15.4 Å². The first-order valence-corrected chi connectivity index (χ1v) is 9.57. The summed E-state index contributed by atoms with van der Waals surface area (Å²) in [6.45, 7) is 1.74. The van der Waals surface area contributed by atoms with Crippen LogP contribution in [-0.4, -0.2) is 42.6 Å². The van der Waals surface area contributed by atoms with Crippen molar-refractivity contribution in [2.75, 3.05) is 19.0 Å². The molecule has 2 aromatic carbocycles. The first-order valence-electron chi connectivity index (χ1n) is 9.57. The van der Waals surface area contributed by atoms with Gasteiger partial charge >= 0.3 is 5.97 Å². The zero-order valence-electron chi connectivity index (χ0n) is 17.0. The molecule has 0 bridgehead atoms. The van der Waals surface area contributed by atoms with Crippen LogP contribution in [0.5, 0.6) is 5.75 Å². The van der Waals surface area contributed by atoms with Gasteiger partial charge in [-0.15, -0.1) is 0 Å². The summed E-state index contributed by atoms with van der Waals surface area (Å²) in [6.07, 6.45) is -1.52. The molecule has 30 heavy (non-hydrogen) atoms. The summed E-state index contributed by atoms with van der Waals surface area (Å²) in [4.78, 5) is 36.6. The van der Waals surface area contributed by atoms with E-state index in [9.17, 15) is 19.5 Å². The number of anilines is 1. The summed E-state index contributed by atoms with van der Waals surface area (Å²) in [5.41, 5.74) is 1.04. The Labute approximate surface area is 175 Å². The van der Waals surface area contributed by atoms with Crippen LogP contribution in [-0.2, 0) is 19.1 Å². The van der Waals surface area contributed by atoms with E-state index in [1.165, 1.54) is 0 Å². The van der Waals surface area contributed by atoms with Crippen molar-refractivity contribution in [2.24, 2.45) is 0 Å². The standard InChI is InChI=1S/C22H26N2O6/c1-3-30-22(28)20(21(27)15-7-5-4-6-8-15)24-19(26)14-13-18(25)23-16-9-11-17(29-2)12-10-16/h4-12,20-21,27H,3,13-14H2,1-2H3,(H,23,25)(H,24,26)/t20-,21+/m1/s1. The van der Waals surface area contributed by atoms with Crippen molar-refractivity contribution in [1.82, 2.24) is 5.32 Å². The van der Waals surface area contributed by atoms with Gasteiger partial charge in [0.1, 0.15) is 11.9 Å². The molecule has 2 amide bonds. The molecule has 2 aromatic rings. The van der Waals surface area contributed by atoms with E-state index in [2.05, 4.69) is 10.6 Å². The molecule has 0 fully saturated rings. The van der Waals surface area contributed by atoms with Crippen LogP contribution in [0, 0.1) is 0 Å². The number of aliphatic hydroxyl groups excluding tert-OH is 1. The molecule has 0 aliphatic heterocycles. The molecule has 8 nitrogen and oxygen atoms in total. The minimum atomic E-state index is -1.28. The molecule has 0 saturated carbocycles. The van der Waals surface area contributed by atoms with Crippen LogP contribution in [0.3, 0.4) is 0 Å². The van der Waals surface area contributed by atoms with Crippen LogP contribution in [0.25, 0.3) is 0 Å². The average Bonchev–Trinajstić information content (AvgIpc) is 2.77. The highest BCUT2D eigenvalue weighted by atomic mass is 16.5. The van der Waals surface area contributed by atoms with E-state index in [1.807, 2.05) is 0 Å². The second kappa shape index (κ2) is 11.6. The quantitative estimate of drug-likeness (QED) is 0.514. The number of methoxy groups -OCH3 is 1. The maximum absolute atomic E-state index is 12.3. The van der Waals surface area contributed by atoms with Gasteiger partial charge in [-0.25, -0.2) is 4.79 Å².